The van der Waals surface area contributed by atoms with Gasteiger partial charge in [0.05, 0.1) is 0 Å². The summed E-state index contributed by atoms with van der Waals surface area (Å²) in [6, 6.07) is 8.12. The van der Waals surface area contributed by atoms with E-state index in [0.717, 1.165) is 28.6 Å². The van der Waals surface area contributed by atoms with Crippen LogP contribution in [0.5, 0.6) is 0 Å². The molecule has 0 radical (unpaired) electrons. The Hall–Kier alpha value is -1.72. The summed E-state index contributed by atoms with van der Waals surface area (Å²) in [5.74, 6) is 0.518. The summed E-state index contributed by atoms with van der Waals surface area (Å²) >= 11 is 1.58. The maximum Gasteiger partial charge on any atom is 0.223 e. The van der Waals surface area contributed by atoms with Gasteiger partial charge >= 0.3 is 0 Å². The van der Waals surface area contributed by atoms with Crippen molar-refractivity contribution in [1.29, 1.82) is 0 Å². The summed E-state index contributed by atoms with van der Waals surface area (Å²) in [6.45, 7) is 3.40. The van der Waals surface area contributed by atoms with Crippen LogP contribution in [0.15, 0.2) is 29.6 Å². The lowest BCUT2D eigenvalue weighted by Crippen LogP contribution is -2.34. The van der Waals surface area contributed by atoms with Gasteiger partial charge in [0.25, 0.3) is 0 Å². The lowest BCUT2D eigenvalue weighted by atomic mass is 10.1. The average Bonchev–Trinajstić information content (AvgIpc) is 3.15. The molecule has 0 aliphatic carbocycles. The van der Waals surface area contributed by atoms with E-state index < -0.39 is 0 Å². The van der Waals surface area contributed by atoms with Crippen molar-refractivity contribution in [2.24, 2.45) is 11.7 Å². The predicted octanol–water partition coefficient (Wildman–Crippen LogP) is 3.06. The van der Waals surface area contributed by atoms with Crippen LogP contribution < -0.4 is 5.73 Å². The lowest BCUT2D eigenvalue weighted by Gasteiger charge is -2.21. The molecule has 1 fully saturated rings. The fraction of sp³-hybridized carbons (Fsp3) is 0.444. The number of hydrogen-bond donors (Lipinski definition) is 1. The number of benzene rings is 1. The van der Waals surface area contributed by atoms with Crippen molar-refractivity contribution >= 4 is 33.1 Å². The van der Waals surface area contributed by atoms with E-state index in [4.69, 9.17) is 5.73 Å². The molecule has 2 N–H and O–H groups in total. The molecule has 23 heavy (non-hydrogen) atoms. The van der Waals surface area contributed by atoms with Crippen molar-refractivity contribution in [3.8, 4) is 0 Å². The molecule has 1 aromatic heterocycles. The molecule has 1 aromatic carbocycles. The van der Waals surface area contributed by atoms with Crippen molar-refractivity contribution in [2.75, 3.05) is 13.1 Å². The Morgan fingerprint density at radius 2 is 2.09 bits per heavy atom. The molecule has 0 bridgehead atoms. The Morgan fingerprint density at radius 1 is 1.30 bits per heavy atom. The van der Waals surface area contributed by atoms with Crippen molar-refractivity contribution in [1.82, 2.24) is 4.90 Å². The minimum Gasteiger partial charge on any atom is -0.340 e. The molecule has 1 amide bonds. The lowest BCUT2D eigenvalue weighted by molar-refractivity contribution is -0.131. The van der Waals surface area contributed by atoms with E-state index in [9.17, 15) is 9.59 Å². The van der Waals surface area contributed by atoms with Gasteiger partial charge in [0.15, 0.2) is 5.78 Å². The van der Waals surface area contributed by atoms with Crippen molar-refractivity contribution in [3.63, 3.8) is 0 Å². The third kappa shape index (κ3) is 3.31. The number of carbonyl (C=O) groups excluding carboxylic acids is 2. The van der Waals surface area contributed by atoms with Gasteiger partial charge in [0.1, 0.15) is 0 Å². The summed E-state index contributed by atoms with van der Waals surface area (Å²) in [7, 11) is 0. The van der Waals surface area contributed by atoms with E-state index in [1.165, 1.54) is 0 Å². The van der Waals surface area contributed by atoms with Crippen LogP contribution in [0.3, 0.4) is 0 Å². The molecule has 5 heteroatoms. The molecule has 2 atom stereocenters. The minimum absolute atomic E-state index is 0.0537. The SMILES string of the molecule is CC1CC(CN)CN1C(=O)CCC(=O)c1csc2ccccc12. The number of likely N-dealkylation sites (tertiary alicyclic amines) is 1. The zero-order valence-electron chi connectivity index (χ0n) is 13.3. The number of amides is 1. The van der Waals surface area contributed by atoms with Crippen LogP contribution in [0.1, 0.15) is 36.5 Å². The van der Waals surface area contributed by atoms with E-state index in [2.05, 4.69) is 6.92 Å². The molecule has 1 saturated heterocycles. The van der Waals surface area contributed by atoms with Crippen LogP contribution in [0.4, 0.5) is 0 Å². The number of fused-ring (bicyclic) bond motifs is 1. The molecule has 3 rings (SSSR count). The van der Waals surface area contributed by atoms with Crippen LogP contribution in [-0.4, -0.2) is 35.7 Å². The quantitative estimate of drug-likeness (QED) is 0.857. The van der Waals surface area contributed by atoms with E-state index >= 15 is 0 Å². The Bertz CT molecular complexity index is 725. The highest BCUT2D eigenvalue weighted by Gasteiger charge is 2.31. The highest BCUT2D eigenvalue weighted by atomic mass is 32.1. The van der Waals surface area contributed by atoms with Crippen LogP contribution in [0, 0.1) is 5.92 Å². The fourth-order valence-corrected chi connectivity index (χ4v) is 4.32. The van der Waals surface area contributed by atoms with E-state index in [-0.39, 0.29) is 30.6 Å². The maximum atomic E-state index is 12.5. The minimum atomic E-state index is 0.0537. The number of nitrogens with zero attached hydrogens (tertiary/aromatic N) is 1. The second-order valence-electron chi connectivity index (χ2n) is 6.30. The first kappa shape index (κ1) is 16.1. The number of hydrogen-bond acceptors (Lipinski definition) is 4. The Kier molecular flexibility index (Phi) is 4.78. The second kappa shape index (κ2) is 6.81. The number of thiophene rings is 1. The first-order valence-electron chi connectivity index (χ1n) is 8.09. The number of rotatable bonds is 5. The Labute approximate surface area is 140 Å². The molecule has 1 aliphatic heterocycles. The first-order chi connectivity index (χ1) is 11.1. The molecule has 0 saturated carbocycles. The van der Waals surface area contributed by atoms with E-state index in [1.54, 1.807) is 11.3 Å². The Morgan fingerprint density at radius 3 is 2.83 bits per heavy atom. The van der Waals surface area contributed by atoms with Gasteiger partial charge in [-0.1, -0.05) is 18.2 Å². The molecule has 2 heterocycles. The summed E-state index contributed by atoms with van der Waals surface area (Å²) in [6.07, 6.45) is 1.52. The monoisotopic (exact) mass is 330 g/mol. The van der Waals surface area contributed by atoms with E-state index in [1.807, 2.05) is 34.5 Å². The van der Waals surface area contributed by atoms with Crippen molar-refractivity contribution < 1.29 is 9.59 Å². The second-order valence-corrected chi connectivity index (χ2v) is 7.21. The van der Waals surface area contributed by atoms with Crippen LogP contribution in [0.2, 0.25) is 0 Å². The zero-order chi connectivity index (χ0) is 16.4. The van der Waals surface area contributed by atoms with Crippen LogP contribution in [0.25, 0.3) is 10.1 Å². The summed E-state index contributed by atoms with van der Waals surface area (Å²) < 4.78 is 1.11. The number of ketones is 1. The van der Waals surface area contributed by atoms with Crippen molar-refractivity contribution in [2.45, 2.75) is 32.2 Å². The maximum absolute atomic E-state index is 12.5. The smallest absolute Gasteiger partial charge is 0.223 e. The molecule has 4 nitrogen and oxygen atoms in total. The molecular weight excluding hydrogens is 308 g/mol. The van der Waals surface area contributed by atoms with Gasteiger partial charge in [0, 0.05) is 46.5 Å². The van der Waals surface area contributed by atoms with Gasteiger partial charge < -0.3 is 10.6 Å². The fourth-order valence-electron chi connectivity index (χ4n) is 3.35. The number of nitrogens with two attached hydrogens (primary N) is 1. The molecule has 2 aromatic rings. The molecule has 1 aliphatic rings. The molecular formula is C18H22N2O2S. The topological polar surface area (TPSA) is 63.4 Å². The third-order valence-electron chi connectivity index (χ3n) is 4.66. The number of Topliss-reactive ketones (excluding diaryl/α,β-unsaturated/α-hetero) is 1. The van der Waals surface area contributed by atoms with Gasteiger partial charge in [-0.3, -0.25) is 9.59 Å². The van der Waals surface area contributed by atoms with E-state index in [0.29, 0.717) is 12.5 Å². The predicted molar refractivity (Wildman–Crippen MR) is 93.7 cm³/mol. The molecule has 0 spiro atoms. The average molecular weight is 330 g/mol. The normalized spacial score (nSPS) is 21.0. The van der Waals surface area contributed by atoms with Gasteiger partial charge in [-0.05, 0) is 31.9 Å². The van der Waals surface area contributed by atoms with Crippen LogP contribution in [-0.2, 0) is 4.79 Å². The summed E-state index contributed by atoms with van der Waals surface area (Å²) in [4.78, 5) is 26.7. The van der Waals surface area contributed by atoms with Gasteiger partial charge in [0.2, 0.25) is 5.91 Å². The molecule has 2 unspecified atom stereocenters. The summed E-state index contributed by atoms with van der Waals surface area (Å²) in [5.41, 5.74) is 6.45. The standard InChI is InChI=1S/C18H22N2O2S/c1-12-8-13(9-19)10-20(12)18(22)7-6-16(21)15-11-23-17-5-3-2-4-14(15)17/h2-5,11-13H,6-10,19H2,1H3. The Balaban J connectivity index is 1.62. The zero-order valence-corrected chi connectivity index (χ0v) is 14.1. The van der Waals surface area contributed by atoms with Gasteiger partial charge in [-0.15, -0.1) is 11.3 Å². The third-order valence-corrected chi connectivity index (χ3v) is 5.63. The largest absolute Gasteiger partial charge is 0.340 e. The highest BCUT2D eigenvalue weighted by molar-refractivity contribution is 7.17. The van der Waals surface area contributed by atoms with Crippen LogP contribution >= 0.6 is 11.3 Å². The number of carbonyl (C=O) groups is 2. The first-order valence-corrected chi connectivity index (χ1v) is 8.97. The summed E-state index contributed by atoms with van der Waals surface area (Å²) in [5, 5.41) is 2.90. The van der Waals surface area contributed by atoms with Crippen molar-refractivity contribution in [3.05, 3.63) is 35.2 Å². The highest BCUT2D eigenvalue weighted by Crippen LogP contribution is 2.27. The molecule has 122 valence electrons. The van der Waals surface area contributed by atoms with Gasteiger partial charge in [-0.2, -0.15) is 0 Å². The van der Waals surface area contributed by atoms with Gasteiger partial charge in [-0.25, -0.2) is 0 Å².